The zero-order valence-corrected chi connectivity index (χ0v) is 19.9. The maximum atomic E-state index is 12.8. The van der Waals surface area contributed by atoms with Crippen molar-refractivity contribution in [1.29, 1.82) is 0 Å². The van der Waals surface area contributed by atoms with E-state index in [1.165, 1.54) is 12.8 Å². The lowest BCUT2D eigenvalue weighted by Gasteiger charge is -2.26. The van der Waals surface area contributed by atoms with Gasteiger partial charge >= 0.3 is 0 Å². The van der Waals surface area contributed by atoms with E-state index in [4.69, 9.17) is 14.5 Å². The summed E-state index contributed by atoms with van der Waals surface area (Å²) in [6.45, 7) is 6.93. The third-order valence-electron chi connectivity index (χ3n) is 6.57. The number of imidazole rings is 1. The van der Waals surface area contributed by atoms with E-state index in [1.54, 1.807) is 0 Å². The number of H-pyrrole nitrogens is 1. The van der Waals surface area contributed by atoms with Crippen molar-refractivity contribution in [3.05, 3.63) is 51.8 Å². The van der Waals surface area contributed by atoms with Crippen LogP contribution < -0.4 is 10.3 Å². The first kappa shape index (κ1) is 23.7. The van der Waals surface area contributed by atoms with Crippen molar-refractivity contribution < 1.29 is 9.47 Å². The molecule has 5 rings (SSSR count). The van der Waals surface area contributed by atoms with Gasteiger partial charge in [0, 0.05) is 37.7 Å². The summed E-state index contributed by atoms with van der Waals surface area (Å²) in [5.74, 6) is 2.35. The Morgan fingerprint density at radius 2 is 1.91 bits per heavy atom. The summed E-state index contributed by atoms with van der Waals surface area (Å²) in [5, 5.41) is 0. The molecule has 0 atom stereocenters. The van der Waals surface area contributed by atoms with E-state index >= 15 is 0 Å². The monoisotopic (exact) mass is 473 g/mol. The Morgan fingerprint density at radius 1 is 1.15 bits per heavy atom. The summed E-state index contributed by atoms with van der Waals surface area (Å²) in [4.78, 5) is 27.5. The van der Waals surface area contributed by atoms with E-state index in [1.807, 2.05) is 31.2 Å². The molecular formula is C24H32ClN5O3. The third kappa shape index (κ3) is 5.23. The van der Waals surface area contributed by atoms with Crippen LogP contribution in [0.3, 0.4) is 0 Å². The van der Waals surface area contributed by atoms with E-state index in [0.717, 1.165) is 62.8 Å². The molecule has 3 aromatic rings. The molecule has 2 fully saturated rings. The summed E-state index contributed by atoms with van der Waals surface area (Å²) in [7, 11) is 0. The van der Waals surface area contributed by atoms with Gasteiger partial charge in [-0.15, -0.1) is 12.4 Å². The Balaban J connectivity index is 0.00000259. The summed E-state index contributed by atoms with van der Waals surface area (Å²) in [6, 6.07) is 8.38. The van der Waals surface area contributed by atoms with Crippen molar-refractivity contribution in [2.45, 2.75) is 45.1 Å². The molecule has 0 spiro atoms. The first-order chi connectivity index (χ1) is 15.7. The number of hydrogen-bond donors (Lipinski definition) is 1. The lowest BCUT2D eigenvalue weighted by molar-refractivity contribution is 0.0322. The number of morpholine rings is 1. The van der Waals surface area contributed by atoms with Crippen molar-refractivity contribution in [1.82, 2.24) is 24.4 Å². The number of nitrogens with zero attached hydrogens (tertiary/aromatic N) is 4. The van der Waals surface area contributed by atoms with Gasteiger partial charge in [0.05, 0.1) is 13.2 Å². The average molecular weight is 474 g/mol. The molecule has 0 bridgehead atoms. The number of hydrogen-bond acceptors (Lipinski definition) is 6. The highest BCUT2D eigenvalue weighted by Gasteiger charge is 2.23. The summed E-state index contributed by atoms with van der Waals surface area (Å²) < 4.78 is 13.7. The van der Waals surface area contributed by atoms with Gasteiger partial charge in [-0.05, 0) is 25.8 Å². The second kappa shape index (κ2) is 10.7. The Hall–Kier alpha value is -2.42. The predicted molar refractivity (Wildman–Crippen MR) is 130 cm³/mol. The molecule has 2 aliphatic rings. The Morgan fingerprint density at radius 3 is 2.70 bits per heavy atom. The molecule has 0 unspecified atom stereocenters. The molecule has 0 amide bonds. The molecule has 3 heterocycles. The van der Waals surface area contributed by atoms with Crippen LogP contribution in [0, 0.1) is 6.92 Å². The van der Waals surface area contributed by atoms with Crippen LogP contribution in [-0.4, -0.2) is 63.9 Å². The minimum Gasteiger partial charge on any atom is -0.492 e. The quantitative estimate of drug-likeness (QED) is 0.567. The fourth-order valence-corrected chi connectivity index (χ4v) is 4.90. The molecule has 1 aliphatic carbocycles. The zero-order chi connectivity index (χ0) is 21.9. The number of aromatic amines is 1. The lowest BCUT2D eigenvalue weighted by Crippen LogP contribution is -2.38. The molecule has 33 heavy (non-hydrogen) atoms. The molecule has 1 N–H and O–H groups in total. The summed E-state index contributed by atoms with van der Waals surface area (Å²) in [5.41, 5.74) is 1.99. The largest absolute Gasteiger partial charge is 0.492 e. The van der Waals surface area contributed by atoms with Crippen LogP contribution in [0.15, 0.2) is 29.1 Å². The van der Waals surface area contributed by atoms with Gasteiger partial charge < -0.3 is 19.0 Å². The van der Waals surface area contributed by atoms with Gasteiger partial charge in [0.25, 0.3) is 5.56 Å². The number of aromatic nitrogens is 4. The molecule has 1 saturated heterocycles. The van der Waals surface area contributed by atoms with Crippen molar-refractivity contribution in [3.8, 4) is 5.75 Å². The molecule has 2 aromatic heterocycles. The molecule has 1 aromatic carbocycles. The average Bonchev–Trinajstić information content (AvgIpc) is 3.43. The number of ether oxygens (including phenoxy) is 2. The van der Waals surface area contributed by atoms with Gasteiger partial charge in [-0.25, -0.2) is 9.97 Å². The van der Waals surface area contributed by atoms with Crippen LogP contribution in [0.5, 0.6) is 5.75 Å². The zero-order valence-electron chi connectivity index (χ0n) is 19.1. The van der Waals surface area contributed by atoms with Crippen molar-refractivity contribution in [2.75, 3.05) is 39.5 Å². The van der Waals surface area contributed by atoms with Crippen LogP contribution in [0.2, 0.25) is 0 Å². The number of nitrogens with one attached hydrogen (secondary N) is 1. The van der Waals surface area contributed by atoms with Gasteiger partial charge in [-0.3, -0.25) is 9.69 Å². The summed E-state index contributed by atoms with van der Waals surface area (Å²) in [6.07, 6.45) is 5.18. The van der Waals surface area contributed by atoms with Crippen LogP contribution in [0.1, 0.15) is 48.9 Å². The second-order valence-corrected chi connectivity index (χ2v) is 8.74. The molecule has 1 saturated carbocycles. The predicted octanol–water partition coefficient (Wildman–Crippen LogP) is 3.27. The maximum Gasteiger partial charge on any atom is 0.279 e. The van der Waals surface area contributed by atoms with Gasteiger partial charge in [0.15, 0.2) is 11.2 Å². The number of fused-ring (bicyclic) bond motifs is 1. The number of aryl methyl sites for hydroxylation is 1. The number of rotatable bonds is 7. The van der Waals surface area contributed by atoms with E-state index in [-0.39, 0.29) is 18.0 Å². The fourth-order valence-electron chi connectivity index (χ4n) is 4.90. The van der Waals surface area contributed by atoms with Crippen LogP contribution >= 0.6 is 12.4 Å². The Kier molecular flexibility index (Phi) is 7.67. The smallest absolute Gasteiger partial charge is 0.279 e. The molecular weight excluding hydrogens is 442 g/mol. The fraction of sp³-hybridized carbons (Fsp3) is 0.542. The first-order valence-corrected chi connectivity index (χ1v) is 11.7. The SMILES string of the molecule is Cc1nc2c(=O)[nH]c(Cc3ccccc3OCCN3CCOCC3)nc2n1C1CCCC1.Cl. The van der Waals surface area contributed by atoms with Crippen LogP contribution in [-0.2, 0) is 11.2 Å². The van der Waals surface area contributed by atoms with Gasteiger partial charge in [-0.2, -0.15) is 0 Å². The molecule has 0 radical (unpaired) electrons. The third-order valence-corrected chi connectivity index (χ3v) is 6.57. The molecule has 9 heteroatoms. The number of benzene rings is 1. The molecule has 8 nitrogen and oxygen atoms in total. The van der Waals surface area contributed by atoms with E-state index in [0.29, 0.717) is 36.1 Å². The summed E-state index contributed by atoms with van der Waals surface area (Å²) >= 11 is 0. The van der Waals surface area contributed by atoms with Gasteiger partial charge in [0.2, 0.25) is 0 Å². The topological polar surface area (TPSA) is 85.3 Å². The first-order valence-electron chi connectivity index (χ1n) is 11.7. The highest BCUT2D eigenvalue weighted by atomic mass is 35.5. The highest BCUT2D eigenvalue weighted by molar-refractivity contribution is 5.85. The Labute approximate surface area is 199 Å². The highest BCUT2D eigenvalue weighted by Crippen LogP contribution is 2.32. The minimum atomic E-state index is -0.171. The Bertz CT molecular complexity index is 1130. The minimum absolute atomic E-state index is 0. The van der Waals surface area contributed by atoms with E-state index in [2.05, 4.69) is 19.4 Å². The van der Waals surface area contributed by atoms with Crippen molar-refractivity contribution in [3.63, 3.8) is 0 Å². The van der Waals surface area contributed by atoms with E-state index < -0.39 is 0 Å². The van der Waals surface area contributed by atoms with Gasteiger partial charge in [0.1, 0.15) is 24.0 Å². The van der Waals surface area contributed by atoms with Crippen molar-refractivity contribution >= 4 is 23.6 Å². The van der Waals surface area contributed by atoms with Crippen LogP contribution in [0.25, 0.3) is 11.2 Å². The molecule has 178 valence electrons. The standard InChI is InChI=1S/C24H31N5O3.ClH/c1-17-25-22-23(29(17)19-7-3-4-8-19)26-21(27-24(22)30)16-18-6-2-5-9-20(18)32-15-12-28-10-13-31-14-11-28;/h2,5-6,9,19H,3-4,7-8,10-16H2,1H3,(H,26,27,30);1H. The normalized spacial score (nSPS) is 17.4. The van der Waals surface area contributed by atoms with E-state index in [9.17, 15) is 4.79 Å². The van der Waals surface area contributed by atoms with Crippen LogP contribution in [0.4, 0.5) is 0 Å². The number of halogens is 1. The maximum absolute atomic E-state index is 12.8. The number of para-hydroxylation sites is 1. The second-order valence-electron chi connectivity index (χ2n) is 8.74. The van der Waals surface area contributed by atoms with Gasteiger partial charge in [-0.1, -0.05) is 31.0 Å². The van der Waals surface area contributed by atoms with Crippen molar-refractivity contribution in [2.24, 2.45) is 0 Å². The lowest BCUT2D eigenvalue weighted by atomic mass is 10.1. The molecule has 1 aliphatic heterocycles.